The van der Waals surface area contributed by atoms with Crippen LogP contribution in [0.15, 0.2) is 28.7 Å². The van der Waals surface area contributed by atoms with E-state index < -0.39 is 11.0 Å². The summed E-state index contributed by atoms with van der Waals surface area (Å²) in [6.45, 7) is 10.4. The number of benzene rings is 1. The average Bonchev–Trinajstić information content (AvgIpc) is 2.87. The van der Waals surface area contributed by atoms with Crippen molar-refractivity contribution < 1.29 is 4.21 Å². The first-order valence-corrected chi connectivity index (χ1v) is 9.07. The van der Waals surface area contributed by atoms with Crippen LogP contribution in [0.4, 0.5) is 0 Å². The second-order valence-corrected chi connectivity index (χ2v) is 7.84. The van der Waals surface area contributed by atoms with Gasteiger partial charge in [-0.3, -0.25) is 4.98 Å². The Kier molecular flexibility index (Phi) is 5.30. The first kappa shape index (κ1) is 16.3. The van der Waals surface area contributed by atoms with Gasteiger partial charge in [-0.15, -0.1) is 11.3 Å². The van der Waals surface area contributed by atoms with E-state index >= 15 is 0 Å². The minimum atomic E-state index is -1.22. The molecule has 0 aliphatic heterocycles. The fraction of sp³-hybridized carbons (Fsp3) is 0.438. The Morgan fingerprint density at radius 3 is 2.29 bits per heavy atom. The lowest BCUT2D eigenvalue weighted by molar-refractivity contribution is 0.484. The maximum Gasteiger partial charge on any atom is 0.126 e. The smallest absolute Gasteiger partial charge is 0.126 e. The van der Waals surface area contributed by atoms with Crippen molar-refractivity contribution >= 4 is 22.3 Å². The lowest BCUT2D eigenvalue weighted by Gasteiger charge is -2.21. The van der Waals surface area contributed by atoms with Gasteiger partial charge in [0.2, 0.25) is 0 Å². The van der Waals surface area contributed by atoms with E-state index in [0.717, 1.165) is 20.9 Å². The summed E-state index contributed by atoms with van der Waals surface area (Å²) >= 11 is 1.60. The highest BCUT2D eigenvalue weighted by Gasteiger charge is 2.21. The molecule has 1 aromatic heterocycles. The van der Waals surface area contributed by atoms with Gasteiger partial charge in [0.1, 0.15) is 11.0 Å². The third-order valence-corrected chi connectivity index (χ3v) is 5.79. The van der Waals surface area contributed by atoms with Crippen LogP contribution in [0.3, 0.4) is 0 Å². The fourth-order valence-corrected chi connectivity index (χ4v) is 4.90. The molecular weight excluding hydrogens is 300 g/mol. The second-order valence-electron chi connectivity index (χ2n) is 5.74. The van der Waals surface area contributed by atoms with Gasteiger partial charge < -0.3 is 0 Å². The quantitative estimate of drug-likeness (QED) is 0.901. The van der Waals surface area contributed by atoms with Crippen molar-refractivity contribution in [2.24, 2.45) is 5.92 Å². The van der Waals surface area contributed by atoms with Gasteiger partial charge in [-0.1, -0.05) is 31.5 Å². The molecule has 0 aliphatic rings. The van der Waals surface area contributed by atoms with Gasteiger partial charge in [0.25, 0.3) is 0 Å². The van der Waals surface area contributed by atoms with Crippen LogP contribution < -0.4 is 4.72 Å². The molecule has 0 unspecified atom stereocenters. The van der Waals surface area contributed by atoms with Crippen LogP contribution in [0.25, 0.3) is 0 Å². The normalized spacial score (nSPS) is 14.4. The largest absolute Gasteiger partial charge is 0.253 e. The number of hydrogen-bond acceptors (Lipinski definition) is 3. The van der Waals surface area contributed by atoms with Crippen molar-refractivity contribution in [3.63, 3.8) is 0 Å². The number of nitrogens with one attached hydrogen (secondary N) is 1. The number of rotatable bonds is 5. The van der Waals surface area contributed by atoms with Crippen LogP contribution in [0.1, 0.15) is 41.5 Å². The highest BCUT2D eigenvalue weighted by Crippen LogP contribution is 2.27. The molecule has 114 valence electrons. The summed E-state index contributed by atoms with van der Waals surface area (Å²) < 4.78 is 16.1. The zero-order valence-electron chi connectivity index (χ0n) is 13.1. The molecule has 0 spiro atoms. The molecule has 0 fully saturated rings. The lowest BCUT2D eigenvalue weighted by atomic mass is 10.1. The van der Waals surface area contributed by atoms with Crippen LogP contribution in [0.5, 0.6) is 0 Å². The molecule has 1 heterocycles. The summed E-state index contributed by atoms with van der Waals surface area (Å²) in [5.74, 6) is 0.348. The van der Waals surface area contributed by atoms with E-state index in [1.807, 2.05) is 25.6 Å². The molecule has 0 amide bonds. The molecule has 0 radical (unpaired) electrons. The third-order valence-electron chi connectivity index (χ3n) is 3.45. The number of nitrogens with zero attached hydrogens (tertiary/aromatic N) is 1. The molecular formula is C16H22N2OS2. The van der Waals surface area contributed by atoms with Gasteiger partial charge in [0.05, 0.1) is 16.4 Å². The molecule has 5 heteroatoms. The standard InChI is InChI=1S/C16H22N2OS2/c1-10(2)15(14-8-17-9-20-14)18-21(19)16-12(4)6-11(3)7-13(16)5/h6-10,15,18H,1-5H3/t15-,21-/m0/s1. The van der Waals surface area contributed by atoms with E-state index in [4.69, 9.17) is 0 Å². The Hall–Kier alpha value is -1.04. The summed E-state index contributed by atoms with van der Waals surface area (Å²) in [5.41, 5.74) is 5.17. The number of aromatic nitrogens is 1. The monoisotopic (exact) mass is 322 g/mol. The van der Waals surface area contributed by atoms with Crippen molar-refractivity contribution in [2.45, 2.75) is 45.6 Å². The number of thiazole rings is 1. The van der Waals surface area contributed by atoms with Crippen molar-refractivity contribution in [3.8, 4) is 0 Å². The maximum atomic E-state index is 12.8. The van der Waals surface area contributed by atoms with Crippen molar-refractivity contribution in [2.75, 3.05) is 0 Å². The highest BCUT2D eigenvalue weighted by atomic mass is 32.2. The van der Waals surface area contributed by atoms with Crippen LogP contribution in [0, 0.1) is 26.7 Å². The minimum absolute atomic E-state index is 0.0541. The molecule has 21 heavy (non-hydrogen) atoms. The molecule has 0 saturated carbocycles. The average molecular weight is 322 g/mol. The molecule has 1 aromatic carbocycles. The number of hydrogen-bond donors (Lipinski definition) is 1. The van der Waals surface area contributed by atoms with Gasteiger partial charge in [-0.2, -0.15) is 0 Å². The summed E-state index contributed by atoms with van der Waals surface area (Å²) in [4.78, 5) is 6.16. The Bertz CT molecular complexity index is 613. The first-order chi connectivity index (χ1) is 9.90. The van der Waals surface area contributed by atoms with Gasteiger partial charge in [0, 0.05) is 11.1 Å². The Labute approximate surface area is 133 Å². The van der Waals surface area contributed by atoms with Gasteiger partial charge >= 0.3 is 0 Å². The molecule has 3 nitrogen and oxygen atoms in total. The molecule has 1 N–H and O–H groups in total. The third kappa shape index (κ3) is 3.78. The predicted octanol–water partition coefficient (Wildman–Crippen LogP) is 4.08. The molecule has 0 aliphatic carbocycles. The lowest BCUT2D eigenvalue weighted by Crippen LogP contribution is -2.28. The Morgan fingerprint density at radius 2 is 1.81 bits per heavy atom. The molecule has 2 atom stereocenters. The molecule has 2 aromatic rings. The van der Waals surface area contributed by atoms with Gasteiger partial charge in [0.15, 0.2) is 0 Å². The van der Waals surface area contributed by atoms with Crippen LogP contribution in [-0.2, 0) is 11.0 Å². The van der Waals surface area contributed by atoms with E-state index in [1.165, 1.54) is 5.56 Å². The van der Waals surface area contributed by atoms with Crippen LogP contribution in [0.2, 0.25) is 0 Å². The SMILES string of the molecule is Cc1cc(C)c([S@](=O)N[C@H](c2cncs2)C(C)C)c(C)c1. The Morgan fingerprint density at radius 1 is 1.19 bits per heavy atom. The Balaban J connectivity index is 2.28. The van der Waals surface area contributed by atoms with E-state index in [2.05, 4.69) is 42.6 Å². The number of aryl methyl sites for hydroxylation is 3. The van der Waals surface area contributed by atoms with Gasteiger partial charge in [-0.05, 0) is 37.8 Å². The second kappa shape index (κ2) is 6.81. The van der Waals surface area contributed by atoms with E-state index in [1.54, 1.807) is 11.3 Å². The van der Waals surface area contributed by atoms with Gasteiger partial charge in [-0.25, -0.2) is 8.93 Å². The zero-order valence-corrected chi connectivity index (χ0v) is 14.8. The highest BCUT2D eigenvalue weighted by molar-refractivity contribution is 7.83. The van der Waals surface area contributed by atoms with Crippen LogP contribution >= 0.6 is 11.3 Å². The fourth-order valence-electron chi connectivity index (χ4n) is 2.54. The zero-order chi connectivity index (χ0) is 15.6. The van der Waals surface area contributed by atoms with E-state index in [9.17, 15) is 4.21 Å². The summed E-state index contributed by atoms with van der Waals surface area (Å²) in [6, 6.07) is 4.22. The van der Waals surface area contributed by atoms with Crippen molar-refractivity contribution in [3.05, 3.63) is 45.4 Å². The molecule has 0 saturated heterocycles. The van der Waals surface area contributed by atoms with Crippen molar-refractivity contribution in [1.82, 2.24) is 9.71 Å². The summed E-state index contributed by atoms with van der Waals surface area (Å²) in [7, 11) is -1.22. The predicted molar refractivity (Wildman–Crippen MR) is 89.9 cm³/mol. The van der Waals surface area contributed by atoms with E-state index in [0.29, 0.717) is 5.92 Å². The van der Waals surface area contributed by atoms with Crippen molar-refractivity contribution in [1.29, 1.82) is 0 Å². The maximum absolute atomic E-state index is 12.8. The summed E-state index contributed by atoms with van der Waals surface area (Å²) in [5, 5.41) is 0. The van der Waals surface area contributed by atoms with E-state index in [-0.39, 0.29) is 6.04 Å². The minimum Gasteiger partial charge on any atom is -0.253 e. The molecule has 0 bridgehead atoms. The van der Waals surface area contributed by atoms with Crippen LogP contribution in [-0.4, -0.2) is 9.19 Å². The summed E-state index contributed by atoms with van der Waals surface area (Å²) in [6.07, 6.45) is 1.86. The molecule has 2 rings (SSSR count). The first-order valence-electron chi connectivity index (χ1n) is 7.04. The topological polar surface area (TPSA) is 42.0 Å².